The first kappa shape index (κ1) is 20.3. The van der Waals surface area contributed by atoms with E-state index in [-0.39, 0.29) is 23.8 Å². The van der Waals surface area contributed by atoms with Gasteiger partial charge in [0.25, 0.3) is 0 Å². The molecule has 1 amide bonds. The number of hydrogen-bond acceptors (Lipinski definition) is 5. The first-order valence-corrected chi connectivity index (χ1v) is 10.6. The average Bonchev–Trinajstić information content (AvgIpc) is 2.67. The molecule has 0 saturated heterocycles. The molecule has 150 valence electrons. The number of rotatable bonds is 6. The van der Waals surface area contributed by atoms with Gasteiger partial charge in [-0.1, -0.05) is 25.1 Å². The third-order valence-electron chi connectivity index (χ3n) is 4.79. The highest BCUT2D eigenvalue weighted by Gasteiger charge is 2.36. The Morgan fingerprint density at radius 2 is 2.00 bits per heavy atom. The molecule has 8 heteroatoms. The minimum absolute atomic E-state index is 0.103. The van der Waals surface area contributed by atoms with Gasteiger partial charge in [-0.2, -0.15) is 0 Å². The molecule has 1 unspecified atom stereocenters. The van der Waals surface area contributed by atoms with Gasteiger partial charge in [-0.3, -0.25) is 4.79 Å². The Hall–Kier alpha value is -2.42. The summed E-state index contributed by atoms with van der Waals surface area (Å²) in [5, 5.41) is 13.7. The number of para-hydroxylation sites is 1. The molecule has 1 heterocycles. The summed E-state index contributed by atoms with van der Waals surface area (Å²) in [7, 11) is -3.85. The standard InChI is InChI=1S/C20H24N2O5S/c1-3-19(23)22-15-8-9-18(14(2)12-15)28(25,26)21-13-20(24)10-11-27-17-7-5-4-6-16(17)20/h4-9,12,21,24H,3,10-11,13H2,1-2H3,(H,22,23). The summed E-state index contributed by atoms with van der Waals surface area (Å²) in [6, 6.07) is 11.7. The van der Waals surface area contributed by atoms with Crippen LogP contribution in [0.2, 0.25) is 0 Å². The zero-order valence-corrected chi connectivity index (χ0v) is 16.7. The van der Waals surface area contributed by atoms with E-state index in [9.17, 15) is 18.3 Å². The van der Waals surface area contributed by atoms with Crippen LogP contribution in [0, 0.1) is 6.92 Å². The SMILES string of the molecule is CCC(=O)Nc1ccc(S(=O)(=O)NCC2(O)CCOc3ccccc32)c(C)c1. The number of ether oxygens (including phenoxy) is 1. The van der Waals surface area contributed by atoms with Gasteiger partial charge in [0.1, 0.15) is 11.4 Å². The zero-order valence-electron chi connectivity index (χ0n) is 15.9. The predicted molar refractivity (Wildman–Crippen MR) is 106 cm³/mol. The maximum absolute atomic E-state index is 12.8. The number of sulfonamides is 1. The van der Waals surface area contributed by atoms with Crippen LogP contribution in [0.4, 0.5) is 5.69 Å². The smallest absolute Gasteiger partial charge is 0.240 e. The van der Waals surface area contributed by atoms with Crippen molar-refractivity contribution in [2.24, 2.45) is 0 Å². The topological polar surface area (TPSA) is 105 Å². The molecule has 0 fully saturated rings. The van der Waals surface area contributed by atoms with Gasteiger partial charge in [-0.25, -0.2) is 13.1 Å². The largest absolute Gasteiger partial charge is 0.493 e. The van der Waals surface area contributed by atoms with Crippen LogP contribution >= 0.6 is 0 Å². The lowest BCUT2D eigenvalue weighted by molar-refractivity contribution is -0.115. The molecule has 1 aliphatic heterocycles. The van der Waals surface area contributed by atoms with Gasteiger partial charge in [-0.15, -0.1) is 0 Å². The lowest BCUT2D eigenvalue weighted by atomic mass is 9.88. The first-order valence-electron chi connectivity index (χ1n) is 9.10. The summed E-state index contributed by atoms with van der Waals surface area (Å²) in [5.74, 6) is 0.413. The van der Waals surface area contributed by atoms with Crippen molar-refractivity contribution in [2.75, 3.05) is 18.5 Å². The van der Waals surface area contributed by atoms with E-state index in [2.05, 4.69) is 10.0 Å². The normalized spacial score (nSPS) is 18.8. The fraction of sp³-hybridized carbons (Fsp3) is 0.350. The van der Waals surface area contributed by atoms with E-state index >= 15 is 0 Å². The summed E-state index contributed by atoms with van der Waals surface area (Å²) in [4.78, 5) is 11.6. The lowest BCUT2D eigenvalue weighted by Gasteiger charge is -2.34. The number of anilines is 1. The molecule has 0 saturated carbocycles. The quantitative estimate of drug-likeness (QED) is 0.685. The minimum atomic E-state index is -3.85. The molecular weight excluding hydrogens is 380 g/mol. The highest BCUT2D eigenvalue weighted by molar-refractivity contribution is 7.89. The Kier molecular flexibility index (Phi) is 5.74. The summed E-state index contributed by atoms with van der Waals surface area (Å²) >= 11 is 0. The second-order valence-electron chi connectivity index (χ2n) is 6.83. The van der Waals surface area contributed by atoms with Crippen LogP contribution in [-0.2, 0) is 20.4 Å². The second-order valence-corrected chi connectivity index (χ2v) is 8.57. The van der Waals surface area contributed by atoms with Crippen molar-refractivity contribution >= 4 is 21.6 Å². The number of amides is 1. The van der Waals surface area contributed by atoms with Crippen LogP contribution in [0.25, 0.3) is 0 Å². The van der Waals surface area contributed by atoms with Gasteiger partial charge in [0.15, 0.2) is 0 Å². The van der Waals surface area contributed by atoms with E-state index < -0.39 is 15.6 Å². The molecule has 2 aromatic rings. The number of hydrogen-bond donors (Lipinski definition) is 3. The number of nitrogens with one attached hydrogen (secondary N) is 2. The molecule has 0 spiro atoms. The van der Waals surface area contributed by atoms with Crippen LogP contribution in [0.15, 0.2) is 47.4 Å². The fourth-order valence-electron chi connectivity index (χ4n) is 3.20. The third kappa shape index (κ3) is 4.19. The van der Waals surface area contributed by atoms with Crippen LogP contribution in [0.1, 0.15) is 30.9 Å². The Morgan fingerprint density at radius 3 is 2.71 bits per heavy atom. The summed E-state index contributed by atoms with van der Waals surface area (Å²) in [5.41, 5.74) is 0.268. The predicted octanol–water partition coefficient (Wildman–Crippen LogP) is 2.29. The van der Waals surface area contributed by atoms with E-state index in [1.165, 1.54) is 6.07 Å². The fourth-order valence-corrected chi connectivity index (χ4v) is 4.51. The van der Waals surface area contributed by atoms with Crippen LogP contribution in [0.3, 0.4) is 0 Å². The summed E-state index contributed by atoms with van der Waals surface area (Å²) in [6.07, 6.45) is 0.623. The molecule has 0 radical (unpaired) electrons. The number of carbonyl (C=O) groups excluding carboxylic acids is 1. The van der Waals surface area contributed by atoms with E-state index in [1.807, 2.05) is 0 Å². The van der Waals surface area contributed by atoms with Crippen LogP contribution < -0.4 is 14.8 Å². The number of carbonyl (C=O) groups is 1. The Balaban J connectivity index is 1.79. The third-order valence-corrected chi connectivity index (χ3v) is 6.35. The van der Waals surface area contributed by atoms with Gasteiger partial charge >= 0.3 is 0 Å². The maximum atomic E-state index is 12.8. The molecular formula is C20H24N2O5S. The van der Waals surface area contributed by atoms with E-state index in [0.29, 0.717) is 35.6 Å². The highest BCUT2D eigenvalue weighted by atomic mass is 32.2. The van der Waals surface area contributed by atoms with Gasteiger partial charge in [0, 0.05) is 30.6 Å². The number of aliphatic hydroxyl groups is 1. The van der Waals surface area contributed by atoms with Crippen molar-refractivity contribution in [1.82, 2.24) is 4.72 Å². The molecule has 3 rings (SSSR count). The zero-order chi connectivity index (χ0) is 20.4. The Bertz CT molecular complexity index is 990. The van der Waals surface area contributed by atoms with E-state index in [0.717, 1.165) is 0 Å². The molecule has 0 aliphatic carbocycles. The molecule has 0 bridgehead atoms. The molecule has 28 heavy (non-hydrogen) atoms. The van der Waals surface area contributed by atoms with Crippen molar-refractivity contribution in [3.63, 3.8) is 0 Å². The Morgan fingerprint density at radius 1 is 1.25 bits per heavy atom. The maximum Gasteiger partial charge on any atom is 0.240 e. The van der Waals surface area contributed by atoms with Crippen molar-refractivity contribution in [2.45, 2.75) is 37.2 Å². The van der Waals surface area contributed by atoms with E-state index in [1.54, 1.807) is 50.2 Å². The lowest BCUT2D eigenvalue weighted by Crippen LogP contribution is -2.44. The summed E-state index contributed by atoms with van der Waals surface area (Å²) < 4.78 is 33.7. The van der Waals surface area contributed by atoms with Crippen LogP contribution in [-0.4, -0.2) is 32.6 Å². The van der Waals surface area contributed by atoms with Crippen molar-refractivity contribution in [3.05, 3.63) is 53.6 Å². The summed E-state index contributed by atoms with van der Waals surface area (Å²) in [6.45, 7) is 3.54. The molecule has 1 atom stereocenters. The van der Waals surface area contributed by atoms with Gasteiger partial charge in [0.2, 0.25) is 15.9 Å². The highest BCUT2D eigenvalue weighted by Crippen LogP contribution is 2.36. The molecule has 0 aromatic heterocycles. The number of fused-ring (bicyclic) bond motifs is 1. The van der Waals surface area contributed by atoms with Gasteiger partial charge in [0.05, 0.1) is 11.5 Å². The monoisotopic (exact) mass is 404 g/mol. The van der Waals surface area contributed by atoms with Crippen molar-refractivity contribution in [3.8, 4) is 5.75 Å². The van der Waals surface area contributed by atoms with Crippen molar-refractivity contribution < 1.29 is 23.1 Å². The second kappa shape index (κ2) is 7.90. The van der Waals surface area contributed by atoms with E-state index in [4.69, 9.17) is 4.74 Å². The molecule has 7 nitrogen and oxygen atoms in total. The van der Waals surface area contributed by atoms with Crippen molar-refractivity contribution in [1.29, 1.82) is 0 Å². The van der Waals surface area contributed by atoms with Gasteiger partial charge < -0.3 is 15.2 Å². The first-order chi connectivity index (χ1) is 13.2. The van der Waals surface area contributed by atoms with Crippen LogP contribution in [0.5, 0.6) is 5.75 Å². The number of benzene rings is 2. The Labute approximate surface area is 164 Å². The minimum Gasteiger partial charge on any atom is -0.493 e. The molecule has 3 N–H and O–H groups in total. The average molecular weight is 404 g/mol. The number of aryl methyl sites for hydroxylation is 1. The molecule has 1 aliphatic rings. The van der Waals surface area contributed by atoms with Gasteiger partial charge in [-0.05, 0) is 36.8 Å². The molecule has 2 aromatic carbocycles.